The van der Waals surface area contributed by atoms with E-state index in [0.29, 0.717) is 31.1 Å². The number of aromatic nitrogens is 1. The molecule has 9 heteroatoms. The highest BCUT2D eigenvalue weighted by Gasteiger charge is 2.74. The molecule has 1 spiro atoms. The van der Waals surface area contributed by atoms with Gasteiger partial charge >= 0.3 is 11.9 Å². The molecular weight excluding hydrogens is 490 g/mol. The van der Waals surface area contributed by atoms with Crippen LogP contribution >= 0.6 is 0 Å². The molecular formula is C29H39NO8. The van der Waals surface area contributed by atoms with E-state index in [2.05, 4.69) is 11.9 Å². The van der Waals surface area contributed by atoms with E-state index in [1.807, 2.05) is 6.92 Å². The molecule has 6 rings (SSSR count). The molecule has 10 atom stereocenters. The Hall–Kier alpha value is -2.07. The van der Waals surface area contributed by atoms with Crippen LogP contribution in [0.1, 0.15) is 69.7 Å². The van der Waals surface area contributed by atoms with Crippen molar-refractivity contribution in [2.75, 3.05) is 19.8 Å². The molecule has 0 radical (unpaired) electrons. The highest BCUT2D eigenvalue weighted by atomic mass is 16.8. The molecule has 0 amide bonds. The van der Waals surface area contributed by atoms with Gasteiger partial charge in [-0.05, 0) is 62.5 Å². The molecule has 1 aromatic heterocycles. The maximum absolute atomic E-state index is 13.3. The fraction of sp³-hybridized carbons (Fsp3) is 0.759. The normalized spacial score (nSPS) is 43.3. The van der Waals surface area contributed by atoms with E-state index >= 15 is 0 Å². The Labute approximate surface area is 223 Å². The van der Waals surface area contributed by atoms with Crippen LogP contribution in [0.25, 0.3) is 0 Å². The van der Waals surface area contributed by atoms with Crippen LogP contribution in [-0.2, 0) is 33.2 Å². The molecule has 3 saturated heterocycles. The number of hydrogen-bond acceptors (Lipinski definition) is 9. The van der Waals surface area contributed by atoms with Crippen LogP contribution in [0.4, 0.5) is 0 Å². The summed E-state index contributed by atoms with van der Waals surface area (Å²) >= 11 is 0. The third-order valence-electron chi connectivity index (χ3n) is 9.83. The van der Waals surface area contributed by atoms with E-state index in [1.54, 1.807) is 18.3 Å². The van der Waals surface area contributed by atoms with E-state index in [0.717, 1.165) is 32.1 Å². The summed E-state index contributed by atoms with van der Waals surface area (Å²) in [6.07, 6.45) is 7.52. The molecule has 4 heterocycles. The summed E-state index contributed by atoms with van der Waals surface area (Å²) in [5.41, 5.74) is -0.688. The monoisotopic (exact) mass is 529 g/mol. The lowest BCUT2D eigenvalue weighted by Crippen LogP contribution is -2.66. The van der Waals surface area contributed by atoms with Gasteiger partial charge in [-0.15, -0.1) is 0 Å². The van der Waals surface area contributed by atoms with E-state index < -0.39 is 23.1 Å². The van der Waals surface area contributed by atoms with Gasteiger partial charge in [0.2, 0.25) is 0 Å². The van der Waals surface area contributed by atoms with Crippen LogP contribution < -0.4 is 0 Å². The average Bonchev–Trinajstić information content (AvgIpc) is 3.42. The third kappa shape index (κ3) is 4.35. The second-order valence-electron chi connectivity index (χ2n) is 11.8. The maximum Gasteiger partial charge on any atom is 0.339 e. The van der Waals surface area contributed by atoms with E-state index in [4.69, 9.17) is 28.4 Å². The molecule has 5 fully saturated rings. The van der Waals surface area contributed by atoms with Crippen LogP contribution in [0.15, 0.2) is 24.5 Å². The van der Waals surface area contributed by atoms with Crippen molar-refractivity contribution >= 4 is 11.9 Å². The van der Waals surface area contributed by atoms with Gasteiger partial charge in [-0.3, -0.25) is 9.78 Å². The number of fused-ring (bicyclic) bond motifs is 3. The summed E-state index contributed by atoms with van der Waals surface area (Å²) in [7, 11) is 0. The van der Waals surface area contributed by atoms with Crippen molar-refractivity contribution in [2.24, 2.45) is 29.1 Å². The summed E-state index contributed by atoms with van der Waals surface area (Å²) < 4.78 is 36.7. The maximum atomic E-state index is 13.3. The van der Waals surface area contributed by atoms with Gasteiger partial charge in [0.25, 0.3) is 0 Å². The van der Waals surface area contributed by atoms with Crippen molar-refractivity contribution in [2.45, 2.75) is 89.7 Å². The standard InChI is InChI=1S/C29H39NO8/c1-4-33-24-13-20-12-22(36-27(20)38-24)25-17(2)11-23(37-26(32)19-7-6-10-30-14-19)29(16-34-18(3)31)21(25)8-5-9-28(29)15-35-28/h6-7,10,14,17,20-25,27H,4-5,8-9,11-13,15-16H2,1-3H3/t17-,20+,21-,22+,23+,24-,25+,27-,28+,29+/m1/s1. The predicted molar refractivity (Wildman–Crippen MR) is 134 cm³/mol. The smallest absolute Gasteiger partial charge is 0.339 e. The Balaban J connectivity index is 1.31. The first-order valence-corrected chi connectivity index (χ1v) is 14.2. The Kier molecular flexibility index (Phi) is 6.99. The second-order valence-corrected chi connectivity index (χ2v) is 11.8. The molecule has 2 aliphatic carbocycles. The van der Waals surface area contributed by atoms with Gasteiger partial charge in [0.15, 0.2) is 12.6 Å². The zero-order valence-electron chi connectivity index (χ0n) is 22.5. The Bertz CT molecular complexity index is 1020. The van der Waals surface area contributed by atoms with Crippen molar-refractivity contribution in [3.05, 3.63) is 30.1 Å². The Morgan fingerprint density at radius 3 is 2.74 bits per heavy atom. The highest BCUT2D eigenvalue weighted by Crippen LogP contribution is 2.66. The number of epoxide rings is 1. The summed E-state index contributed by atoms with van der Waals surface area (Å²) in [4.78, 5) is 29.5. The van der Waals surface area contributed by atoms with Crippen LogP contribution in [0.2, 0.25) is 0 Å². The van der Waals surface area contributed by atoms with Crippen LogP contribution in [0.3, 0.4) is 0 Å². The van der Waals surface area contributed by atoms with Crippen LogP contribution in [0, 0.1) is 29.1 Å². The van der Waals surface area contributed by atoms with E-state index in [-0.39, 0.29) is 49.0 Å². The van der Waals surface area contributed by atoms with Crippen LogP contribution in [-0.4, -0.2) is 67.1 Å². The second kappa shape index (κ2) is 10.2. The summed E-state index contributed by atoms with van der Waals surface area (Å²) in [6.45, 7) is 7.02. The van der Waals surface area contributed by atoms with Gasteiger partial charge in [-0.2, -0.15) is 0 Å². The molecule has 0 unspecified atom stereocenters. The molecule has 1 aromatic rings. The summed E-state index contributed by atoms with van der Waals surface area (Å²) in [6, 6.07) is 3.44. The van der Waals surface area contributed by atoms with Gasteiger partial charge in [0.05, 0.1) is 23.7 Å². The lowest BCUT2D eigenvalue weighted by Gasteiger charge is -2.59. The quantitative estimate of drug-likeness (QED) is 0.384. The Morgan fingerprint density at radius 1 is 1.21 bits per heavy atom. The number of ether oxygens (including phenoxy) is 6. The van der Waals surface area contributed by atoms with Crippen molar-refractivity contribution < 1.29 is 38.0 Å². The number of carbonyl (C=O) groups is 2. The zero-order valence-corrected chi connectivity index (χ0v) is 22.5. The van der Waals surface area contributed by atoms with Crippen molar-refractivity contribution in [1.82, 2.24) is 4.98 Å². The average molecular weight is 530 g/mol. The third-order valence-corrected chi connectivity index (χ3v) is 9.83. The van der Waals surface area contributed by atoms with Crippen molar-refractivity contribution in [3.8, 4) is 0 Å². The lowest BCUT2D eigenvalue weighted by atomic mass is 9.47. The number of esters is 2. The van der Waals surface area contributed by atoms with E-state index in [1.165, 1.54) is 13.1 Å². The molecule has 208 valence electrons. The highest BCUT2D eigenvalue weighted by molar-refractivity contribution is 5.89. The minimum Gasteiger partial charge on any atom is -0.465 e. The lowest BCUT2D eigenvalue weighted by molar-refractivity contribution is -0.237. The van der Waals surface area contributed by atoms with Crippen LogP contribution in [0.5, 0.6) is 0 Å². The first-order valence-electron chi connectivity index (χ1n) is 14.2. The first-order chi connectivity index (χ1) is 18.4. The largest absolute Gasteiger partial charge is 0.465 e. The molecule has 5 aliphatic rings. The topological polar surface area (TPSA) is 106 Å². The number of carbonyl (C=O) groups excluding carboxylic acids is 2. The van der Waals surface area contributed by atoms with Gasteiger partial charge in [0.1, 0.15) is 18.3 Å². The number of rotatable bonds is 7. The molecule has 0 bridgehead atoms. The molecule has 3 aliphatic heterocycles. The van der Waals surface area contributed by atoms with Gasteiger partial charge < -0.3 is 28.4 Å². The van der Waals surface area contributed by atoms with Crippen molar-refractivity contribution in [1.29, 1.82) is 0 Å². The number of nitrogens with zero attached hydrogens (tertiary/aromatic N) is 1. The van der Waals surface area contributed by atoms with Gasteiger partial charge in [0, 0.05) is 38.3 Å². The number of pyridine rings is 1. The molecule has 2 saturated carbocycles. The van der Waals surface area contributed by atoms with Crippen molar-refractivity contribution in [3.63, 3.8) is 0 Å². The summed E-state index contributed by atoms with van der Waals surface area (Å²) in [5.74, 6) is 0.118. The molecule has 0 N–H and O–H groups in total. The SMILES string of the molecule is CCO[C@H]1C[C@@H]2C[C@@H]([C@H]3[C@H](C)C[C@H](OC(=O)c4cccnc4)[C@]4(COC(C)=O)[C@@H]3CCC[C@]43CO3)O[C@@H]2O1. The van der Waals surface area contributed by atoms with Gasteiger partial charge in [-0.1, -0.05) is 13.3 Å². The fourth-order valence-electron chi connectivity index (χ4n) is 8.21. The minimum absolute atomic E-state index is 0.0214. The molecule has 38 heavy (non-hydrogen) atoms. The number of hydrogen-bond donors (Lipinski definition) is 0. The minimum atomic E-state index is -0.637. The first kappa shape index (κ1) is 26.2. The molecule has 9 nitrogen and oxygen atoms in total. The summed E-state index contributed by atoms with van der Waals surface area (Å²) in [5, 5.41) is 0. The van der Waals surface area contributed by atoms with Gasteiger partial charge in [-0.25, -0.2) is 4.79 Å². The van der Waals surface area contributed by atoms with E-state index in [9.17, 15) is 9.59 Å². The molecule has 0 aromatic carbocycles. The predicted octanol–water partition coefficient (Wildman–Crippen LogP) is 3.90. The Morgan fingerprint density at radius 2 is 2.05 bits per heavy atom. The zero-order chi connectivity index (χ0) is 26.5. The fourth-order valence-corrected chi connectivity index (χ4v) is 8.21.